The summed E-state index contributed by atoms with van der Waals surface area (Å²) >= 11 is 1.37. The second-order valence-corrected chi connectivity index (χ2v) is 4.45. The fourth-order valence-electron chi connectivity index (χ4n) is 1.45. The number of nitrogens with one attached hydrogen (secondary N) is 1. The fraction of sp³-hybridized carbons (Fsp3) is 0.250. The van der Waals surface area contributed by atoms with Crippen LogP contribution in [0.2, 0.25) is 0 Å². The molecule has 2 heterocycles. The van der Waals surface area contributed by atoms with E-state index in [1.54, 1.807) is 11.7 Å². The van der Waals surface area contributed by atoms with Gasteiger partial charge in [-0.05, 0) is 19.1 Å². The van der Waals surface area contributed by atoms with Crippen molar-refractivity contribution in [3.63, 3.8) is 0 Å². The van der Waals surface area contributed by atoms with Crippen LogP contribution in [0.25, 0.3) is 0 Å². The van der Waals surface area contributed by atoms with E-state index in [1.807, 2.05) is 25.1 Å². The summed E-state index contributed by atoms with van der Waals surface area (Å²) < 4.78 is 0. The van der Waals surface area contributed by atoms with Crippen LogP contribution in [0.4, 0.5) is 0 Å². The van der Waals surface area contributed by atoms with Gasteiger partial charge >= 0.3 is 0 Å². The van der Waals surface area contributed by atoms with Gasteiger partial charge in [0.1, 0.15) is 4.88 Å². The first-order chi connectivity index (χ1) is 8.27. The van der Waals surface area contributed by atoms with E-state index in [1.165, 1.54) is 11.3 Å². The first-order valence-corrected chi connectivity index (χ1v) is 6.23. The van der Waals surface area contributed by atoms with E-state index in [4.69, 9.17) is 0 Å². The fourth-order valence-corrected chi connectivity index (χ4v) is 2.17. The number of hydrogen-bond acceptors (Lipinski definition) is 4. The number of aromatic nitrogens is 2. The highest BCUT2D eigenvalue weighted by Crippen LogP contribution is 2.11. The topological polar surface area (TPSA) is 54.9 Å². The van der Waals surface area contributed by atoms with Crippen molar-refractivity contribution in [2.45, 2.75) is 13.3 Å². The van der Waals surface area contributed by atoms with Crippen LogP contribution in [0.5, 0.6) is 0 Å². The number of rotatable bonds is 4. The first kappa shape index (κ1) is 11.7. The van der Waals surface area contributed by atoms with Gasteiger partial charge in [0.25, 0.3) is 5.91 Å². The van der Waals surface area contributed by atoms with E-state index in [0.717, 1.165) is 17.8 Å². The third-order valence-corrected chi connectivity index (χ3v) is 3.27. The minimum atomic E-state index is -0.0547. The third-order valence-electron chi connectivity index (χ3n) is 2.34. The van der Waals surface area contributed by atoms with Gasteiger partial charge in [-0.3, -0.25) is 9.78 Å². The van der Waals surface area contributed by atoms with Crippen LogP contribution >= 0.6 is 11.3 Å². The van der Waals surface area contributed by atoms with Gasteiger partial charge in [0, 0.05) is 24.9 Å². The van der Waals surface area contributed by atoms with E-state index >= 15 is 0 Å². The molecule has 0 spiro atoms. The number of carbonyl (C=O) groups is 1. The van der Waals surface area contributed by atoms with Gasteiger partial charge in [0.05, 0.1) is 11.2 Å². The lowest BCUT2D eigenvalue weighted by Gasteiger charge is -2.03. The summed E-state index contributed by atoms with van der Waals surface area (Å²) in [6.07, 6.45) is 2.49. The van der Waals surface area contributed by atoms with Gasteiger partial charge in [0.2, 0.25) is 0 Å². The van der Waals surface area contributed by atoms with Crippen molar-refractivity contribution < 1.29 is 4.79 Å². The molecule has 2 aromatic rings. The van der Waals surface area contributed by atoms with Crippen LogP contribution in [0, 0.1) is 6.92 Å². The molecule has 0 fully saturated rings. The maximum atomic E-state index is 11.8. The summed E-state index contributed by atoms with van der Waals surface area (Å²) in [6, 6.07) is 5.77. The highest BCUT2D eigenvalue weighted by Gasteiger charge is 2.10. The monoisotopic (exact) mass is 247 g/mol. The molecule has 5 heteroatoms. The largest absolute Gasteiger partial charge is 0.351 e. The highest BCUT2D eigenvalue weighted by atomic mass is 32.1. The number of amides is 1. The van der Waals surface area contributed by atoms with Gasteiger partial charge in [-0.25, -0.2) is 4.98 Å². The van der Waals surface area contributed by atoms with Gasteiger partial charge in [-0.1, -0.05) is 6.07 Å². The van der Waals surface area contributed by atoms with Crippen molar-refractivity contribution in [1.29, 1.82) is 0 Å². The van der Waals surface area contributed by atoms with Crippen LogP contribution in [0.15, 0.2) is 29.9 Å². The SMILES string of the molecule is Cc1ncsc1C(=O)NCCc1ccccn1. The Bertz CT molecular complexity index is 495. The zero-order valence-corrected chi connectivity index (χ0v) is 10.3. The summed E-state index contributed by atoms with van der Waals surface area (Å²) in [5.41, 5.74) is 3.45. The molecule has 17 heavy (non-hydrogen) atoms. The molecular formula is C12H13N3OS. The minimum Gasteiger partial charge on any atom is -0.351 e. The predicted molar refractivity (Wildman–Crippen MR) is 67.1 cm³/mol. The van der Waals surface area contributed by atoms with Crippen LogP contribution in [0.1, 0.15) is 21.1 Å². The highest BCUT2D eigenvalue weighted by molar-refractivity contribution is 7.11. The van der Waals surface area contributed by atoms with Crippen molar-refractivity contribution in [2.75, 3.05) is 6.54 Å². The van der Waals surface area contributed by atoms with Gasteiger partial charge in [-0.15, -0.1) is 11.3 Å². The first-order valence-electron chi connectivity index (χ1n) is 5.35. The lowest BCUT2D eigenvalue weighted by molar-refractivity contribution is 0.0957. The maximum absolute atomic E-state index is 11.8. The molecular weight excluding hydrogens is 234 g/mol. The van der Waals surface area contributed by atoms with E-state index < -0.39 is 0 Å². The summed E-state index contributed by atoms with van der Waals surface area (Å²) in [5, 5.41) is 2.87. The van der Waals surface area contributed by atoms with Crippen molar-refractivity contribution in [3.8, 4) is 0 Å². The molecule has 0 aromatic carbocycles. The van der Waals surface area contributed by atoms with E-state index in [0.29, 0.717) is 11.4 Å². The summed E-state index contributed by atoms with van der Waals surface area (Å²) in [5.74, 6) is -0.0547. The quantitative estimate of drug-likeness (QED) is 0.896. The molecule has 0 bridgehead atoms. The molecule has 0 atom stereocenters. The number of thiazole rings is 1. The molecule has 2 aromatic heterocycles. The second kappa shape index (κ2) is 5.54. The average molecular weight is 247 g/mol. The number of pyridine rings is 1. The Labute approximate surface area is 104 Å². The van der Waals surface area contributed by atoms with Crippen LogP contribution in [-0.2, 0) is 6.42 Å². The van der Waals surface area contributed by atoms with Crippen LogP contribution in [0.3, 0.4) is 0 Å². The van der Waals surface area contributed by atoms with Crippen LogP contribution in [-0.4, -0.2) is 22.4 Å². The Morgan fingerprint density at radius 1 is 1.41 bits per heavy atom. The normalized spacial score (nSPS) is 10.2. The average Bonchev–Trinajstić information content (AvgIpc) is 2.77. The lowest BCUT2D eigenvalue weighted by Crippen LogP contribution is -2.25. The van der Waals surface area contributed by atoms with Crippen molar-refractivity contribution in [1.82, 2.24) is 15.3 Å². The molecule has 2 rings (SSSR count). The lowest BCUT2D eigenvalue weighted by atomic mass is 10.2. The molecule has 0 aliphatic rings. The molecule has 0 unspecified atom stereocenters. The Hall–Kier alpha value is -1.75. The number of aryl methyl sites for hydroxylation is 1. The summed E-state index contributed by atoms with van der Waals surface area (Å²) in [7, 11) is 0. The van der Waals surface area contributed by atoms with E-state index in [9.17, 15) is 4.79 Å². The molecule has 1 amide bonds. The third kappa shape index (κ3) is 3.10. The molecule has 88 valence electrons. The number of hydrogen-bond donors (Lipinski definition) is 1. The number of carbonyl (C=O) groups excluding carboxylic acids is 1. The smallest absolute Gasteiger partial charge is 0.263 e. The van der Waals surface area contributed by atoms with Crippen molar-refractivity contribution in [2.24, 2.45) is 0 Å². The molecule has 0 saturated carbocycles. The number of nitrogens with zero attached hydrogens (tertiary/aromatic N) is 2. The second-order valence-electron chi connectivity index (χ2n) is 3.59. The molecule has 4 nitrogen and oxygen atoms in total. The Balaban J connectivity index is 1.84. The zero-order valence-electron chi connectivity index (χ0n) is 9.51. The zero-order chi connectivity index (χ0) is 12.1. The van der Waals surface area contributed by atoms with Gasteiger partial charge in [0.15, 0.2) is 0 Å². The van der Waals surface area contributed by atoms with Crippen molar-refractivity contribution in [3.05, 3.63) is 46.2 Å². The molecule has 1 N–H and O–H groups in total. The Kier molecular flexibility index (Phi) is 3.82. The van der Waals surface area contributed by atoms with Crippen molar-refractivity contribution >= 4 is 17.2 Å². The predicted octanol–water partition coefficient (Wildman–Crippen LogP) is 1.82. The van der Waals surface area contributed by atoms with Crippen LogP contribution < -0.4 is 5.32 Å². The summed E-state index contributed by atoms with van der Waals surface area (Å²) in [6.45, 7) is 2.43. The molecule has 0 aliphatic heterocycles. The molecule has 0 radical (unpaired) electrons. The van der Waals surface area contributed by atoms with Gasteiger partial charge < -0.3 is 5.32 Å². The standard InChI is InChI=1S/C12H13N3OS/c1-9-11(17-8-15-9)12(16)14-7-5-10-4-2-3-6-13-10/h2-4,6,8H,5,7H2,1H3,(H,14,16). The molecule has 0 aliphatic carbocycles. The van der Waals surface area contributed by atoms with E-state index in [-0.39, 0.29) is 5.91 Å². The maximum Gasteiger partial charge on any atom is 0.263 e. The van der Waals surface area contributed by atoms with E-state index in [2.05, 4.69) is 15.3 Å². The minimum absolute atomic E-state index is 0.0547. The Morgan fingerprint density at radius 2 is 2.29 bits per heavy atom. The van der Waals surface area contributed by atoms with Gasteiger partial charge in [-0.2, -0.15) is 0 Å². The molecule has 0 saturated heterocycles. The Morgan fingerprint density at radius 3 is 2.94 bits per heavy atom. The summed E-state index contributed by atoms with van der Waals surface area (Å²) in [4.78, 5) is 20.7.